The van der Waals surface area contributed by atoms with Crippen LogP contribution < -0.4 is 5.32 Å². The molecule has 1 heterocycles. The SMILES string of the molecule is CCCCCCC/C=C\C/C=C\C/C=C\CCCCCCCCCCCCCCCCCCC(=O)NC(COC1OC(CO)C(O)C(O)C1O)C(O)/C=C/CCCCCCCCCCCCCCCCCCCCC. The van der Waals surface area contributed by atoms with Crippen LogP contribution in [0.2, 0.25) is 0 Å². The number of aliphatic hydroxyl groups is 5. The lowest BCUT2D eigenvalue weighted by molar-refractivity contribution is -0.302. The summed E-state index contributed by atoms with van der Waals surface area (Å²) in [5, 5.41) is 54.7. The summed E-state index contributed by atoms with van der Waals surface area (Å²) in [6, 6.07) is -0.806. The van der Waals surface area contributed by atoms with Crippen LogP contribution in [0.15, 0.2) is 48.6 Å². The van der Waals surface area contributed by atoms with Crippen molar-refractivity contribution in [2.75, 3.05) is 13.2 Å². The van der Waals surface area contributed by atoms with Gasteiger partial charge in [0, 0.05) is 6.42 Å². The fourth-order valence-electron chi connectivity index (χ4n) is 10.3. The second kappa shape index (κ2) is 55.5. The molecule has 9 nitrogen and oxygen atoms in total. The van der Waals surface area contributed by atoms with Gasteiger partial charge in [0.15, 0.2) is 6.29 Å². The Labute approximate surface area is 463 Å². The third kappa shape index (κ3) is 44.7. The fraction of sp³-hybridized carbons (Fsp3) is 0.864. The molecule has 7 atom stereocenters. The molecule has 0 aromatic heterocycles. The van der Waals surface area contributed by atoms with Gasteiger partial charge in [0.05, 0.1) is 25.4 Å². The first-order valence-electron chi connectivity index (χ1n) is 32.4. The first-order chi connectivity index (χ1) is 36.8. The summed E-state index contributed by atoms with van der Waals surface area (Å²) in [6.07, 6.45) is 67.6. The van der Waals surface area contributed by atoms with E-state index in [2.05, 4.69) is 55.6 Å². The highest BCUT2D eigenvalue weighted by atomic mass is 16.7. The molecule has 0 aromatic carbocycles. The van der Waals surface area contributed by atoms with E-state index in [4.69, 9.17) is 9.47 Å². The van der Waals surface area contributed by atoms with E-state index >= 15 is 0 Å². The first kappa shape index (κ1) is 71.2. The van der Waals surface area contributed by atoms with Crippen LogP contribution in [-0.2, 0) is 14.3 Å². The van der Waals surface area contributed by atoms with Crippen molar-refractivity contribution in [1.82, 2.24) is 5.32 Å². The van der Waals surface area contributed by atoms with Crippen molar-refractivity contribution >= 4 is 5.91 Å². The number of hydrogen-bond acceptors (Lipinski definition) is 8. The van der Waals surface area contributed by atoms with E-state index in [-0.39, 0.29) is 12.5 Å². The third-order valence-corrected chi connectivity index (χ3v) is 15.4. The number of allylic oxidation sites excluding steroid dienone is 7. The number of carbonyl (C=O) groups is 1. The molecule has 75 heavy (non-hydrogen) atoms. The van der Waals surface area contributed by atoms with Crippen molar-refractivity contribution in [1.29, 1.82) is 0 Å². The van der Waals surface area contributed by atoms with E-state index in [1.807, 2.05) is 6.08 Å². The van der Waals surface area contributed by atoms with E-state index in [9.17, 15) is 30.3 Å². The number of hydrogen-bond donors (Lipinski definition) is 6. The molecule has 7 unspecified atom stereocenters. The standard InChI is InChI=1S/C66H123NO8/c1-3-5-7-9-11-13-15-17-19-21-23-25-26-27-28-29-30-31-32-33-34-36-38-40-42-44-46-48-50-52-54-56-62(70)67-59(58-74-66-65(73)64(72)63(71)61(57-68)75-66)60(69)55-53-51-49-47-45-43-41-39-37-35-24-22-20-18-16-14-12-10-8-6-4-2/h15,17,21,23,26-27,53,55,59-61,63-66,68-69,71-73H,3-14,16,18-20,22,24-25,28-52,54,56-58H2,1-2H3,(H,67,70)/b17-15-,23-21-,27-26-,55-53+. The topological polar surface area (TPSA) is 149 Å². The van der Waals surface area contributed by atoms with Crippen molar-refractivity contribution in [3.05, 3.63) is 48.6 Å². The van der Waals surface area contributed by atoms with Gasteiger partial charge in [-0.1, -0.05) is 294 Å². The average Bonchev–Trinajstić information content (AvgIpc) is 3.41. The molecule has 1 aliphatic heterocycles. The van der Waals surface area contributed by atoms with Crippen LogP contribution in [0.4, 0.5) is 0 Å². The predicted molar refractivity (Wildman–Crippen MR) is 318 cm³/mol. The van der Waals surface area contributed by atoms with Crippen molar-refractivity contribution < 1.29 is 39.8 Å². The molecule has 1 aliphatic rings. The van der Waals surface area contributed by atoms with E-state index in [0.717, 1.165) is 51.4 Å². The van der Waals surface area contributed by atoms with Crippen molar-refractivity contribution in [3.8, 4) is 0 Å². The van der Waals surface area contributed by atoms with Crippen LogP contribution in [0.3, 0.4) is 0 Å². The summed E-state index contributed by atoms with van der Waals surface area (Å²) in [4.78, 5) is 13.1. The number of carbonyl (C=O) groups excluding carboxylic acids is 1. The Balaban J connectivity index is 2.15. The Morgan fingerprint density at radius 1 is 0.453 bits per heavy atom. The largest absolute Gasteiger partial charge is 0.394 e. The smallest absolute Gasteiger partial charge is 0.220 e. The molecular formula is C66H123NO8. The fourth-order valence-corrected chi connectivity index (χ4v) is 10.3. The zero-order valence-corrected chi connectivity index (χ0v) is 49.1. The minimum Gasteiger partial charge on any atom is -0.394 e. The zero-order chi connectivity index (χ0) is 54.3. The highest BCUT2D eigenvalue weighted by Gasteiger charge is 2.44. The normalized spacial score (nSPS) is 19.2. The Kier molecular flexibility index (Phi) is 52.6. The second-order valence-corrected chi connectivity index (χ2v) is 22.6. The summed E-state index contributed by atoms with van der Waals surface area (Å²) in [5.41, 5.74) is 0. The molecule has 9 heteroatoms. The zero-order valence-electron chi connectivity index (χ0n) is 49.1. The summed E-state index contributed by atoms with van der Waals surface area (Å²) < 4.78 is 11.3. The van der Waals surface area contributed by atoms with E-state index < -0.39 is 49.5 Å². The Hall–Kier alpha value is -1.85. The van der Waals surface area contributed by atoms with Crippen molar-refractivity contribution in [2.24, 2.45) is 0 Å². The van der Waals surface area contributed by atoms with Gasteiger partial charge in [-0.3, -0.25) is 4.79 Å². The molecule has 0 saturated carbocycles. The molecule has 1 fully saturated rings. The van der Waals surface area contributed by atoms with Gasteiger partial charge in [-0.05, 0) is 57.8 Å². The van der Waals surface area contributed by atoms with E-state index in [1.54, 1.807) is 6.08 Å². The molecule has 440 valence electrons. The van der Waals surface area contributed by atoms with Gasteiger partial charge in [-0.2, -0.15) is 0 Å². The minimum atomic E-state index is -1.57. The van der Waals surface area contributed by atoms with Crippen LogP contribution in [0.25, 0.3) is 0 Å². The summed E-state index contributed by atoms with van der Waals surface area (Å²) in [7, 11) is 0. The molecular weight excluding hydrogens is 935 g/mol. The maximum Gasteiger partial charge on any atom is 0.220 e. The Morgan fingerprint density at radius 2 is 0.787 bits per heavy atom. The molecule has 0 spiro atoms. The van der Waals surface area contributed by atoms with Crippen molar-refractivity contribution in [2.45, 2.75) is 352 Å². The third-order valence-electron chi connectivity index (χ3n) is 15.4. The molecule has 1 amide bonds. The number of unbranched alkanes of at least 4 members (excludes halogenated alkanes) is 40. The van der Waals surface area contributed by atoms with Gasteiger partial charge in [-0.25, -0.2) is 0 Å². The molecule has 0 aliphatic carbocycles. The van der Waals surface area contributed by atoms with E-state index in [0.29, 0.717) is 6.42 Å². The lowest BCUT2D eigenvalue weighted by Gasteiger charge is -2.40. The maximum absolute atomic E-state index is 13.1. The molecule has 0 bridgehead atoms. The van der Waals surface area contributed by atoms with Crippen LogP contribution >= 0.6 is 0 Å². The number of nitrogens with one attached hydrogen (secondary N) is 1. The van der Waals surface area contributed by atoms with E-state index in [1.165, 1.54) is 238 Å². The van der Waals surface area contributed by atoms with Gasteiger partial charge in [0.25, 0.3) is 0 Å². The lowest BCUT2D eigenvalue weighted by Crippen LogP contribution is -2.60. The summed E-state index contributed by atoms with van der Waals surface area (Å²) >= 11 is 0. The molecule has 0 radical (unpaired) electrons. The molecule has 1 saturated heterocycles. The van der Waals surface area contributed by atoms with Crippen LogP contribution in [-0.4, -0.2) is 87.5 Å². The predicted octanol–water partition coefficient (Wildman–Crippen LogP) is 16.9. The van der Waals surface area contributed by atoms with Gasteiger partial charge in [-0.15, -0.1) is 0 Å². The first-order valence-corrected chi connectivity index (χ1v) is 32.4. The molecule has 0 aromatic rings. The van der Waals surface area contributed by atoms with Gasteiger partial charge in [0.2, 0.25) is 5.91 Å². The van der Waals surface area contributed by atoms with Gasteiger partial charge >= 0.3 is 0 Å². The number of ether oxygens (including phenoxy) is 2. The number of aliphatic hydroxyl groups excluding tert-OH is 5. The average molecular weight is 1060 g/mol. The van der Waals surface area contributed by atoms with Crippen molar-refractivity contribution in [3.63, 3.8) is 0 Å². The maximum atomic E-state index is 13.1. The van der Waals surface area contributed by atoms with Crippen LogP contribution in [0.5, 0.6) is 0 Å². The number of amides is 1. The highest BCUT2D eigenvalue weighted by Crippen LogP contribution is 2.23. The lowest BCUT2D eigenvalue weighted by atomic mass is 9.99. The van der Waals surface area contributed by atoms with Gasteiger partial charge < -0.3 is 40.3 Å². The van der Waals surface area contributed by atoms with Crippen LogP contribution in [0, 0.1) is 0 Å². The molecule has 6 N–H and O–H groups in total. The second-order valence-electron chi connectivity index (χ2n) is 22.6. The Bertz CT molecular complexity index is 1320. The minimum absolute atomic E-state index is 0.173. The van der Waals surface area contributed by atoms with Crippen LogP contribution in [0.1, 0.15) is 309 Å². The quantitative estimate of drug-likeness (QED) is 0.0261. The Morgan fingerprint density at radius 3 is 1.16 bits per heavy atom. The van der Waals surface area contributed by atoms with Gasteiger partial charge in [0.1, 0.15) is 24.4 Å². The summed E-state index contributed by atoms with van der Waals surface area (Å²) in [5.74, 6) is -0.173. The monoisotopic (exact) mass is 1060 g/mol. The molecule has 1 rings (SSSR count). The number of rotatable bonds is 56. The summed E-state index contributed by atoms with van der Waals surface area (Å²) in [6.45, 7) is 3.80. The highest BCUT2D eigenvalue weighted by molar-refractivity contribution is 5.76.